The van der Waals surface area contributed by atoms with Crippen LogP contribution in [0.3, 0.4) is 0 Å². The maximum atomic E-state index is 12.7. The van der Waals surface area contributed by atoms with Crippen molar-refractivity contribution in [3.63, 3.8) is 0 Å². The Hall–Kier alpha value is -4.53. The number of benzene rings is 2. The molecule has 0 saturated carbocycles. The van der Waals surface area contributed by atoms with Gasteiger partial charge in [0.25, 0.3) is 0 Å². The van der Waals surface area contributed by atoms with Crippen molar-refractivity contribution in [3.05, 3.63) is 94.9 Å². The number of aromatic nitrogens is 6. The van der Waals surface area contributed by atoms with Gasteiger partial charge in [0.1, 0.15) is 18.2 Å². The van der Waals surface area contributed by atoms with E-state index in [2.05, 4.69) is 44.8 Å². The number of rotatable bonds is 5. The largest absolute Gasteiger partial charge is 0.489 e. The minimum atomic E-state index is -0.113. The van der Waals surface area contributed by atoms with Crippen LogP contribution >= 0.6 is 0 Å². The van der Waals surface area contributed by atoms with Crippen LogP contribution in [0, 0.1) is 13.8 Å². The van der Waals surface area contributed by atoms with Crippen molar-refractivity contribution in [2.24, 2.45) is 0 Å². The number of nitrogens with one attached hydrogen (secondary N) is 1. The highest BCUT2D eigenvalue weighted by Gasteiger charge is 2.30. The second-order valence-corrected chi connectivity index (χ2v) is 8.66. The average molecular weight is 466 g/mol. The van der Waals surface area contributed by atoms with Crippen LogP contribution in [0.1, 0.15) is 40.4 Å². The molecular weight excluding hydrogens is 442 g/mol. The summed E-state index contributed by atoms with van der Waals surface area (Å²) >= 11 is 0. The Bertz CT molecular complexity index is 1550. The number of nitrogens with zero attached hydrogens (tertiary/aromatic N) is 6. The SMILES string of the molecule is Cc1ccccc1COc1ccc([C@H]2CC(=O)Nc3c2cnn3-c2ccc3nnc(C)n3n2)cc1. The number of aryl methyl sites for hydroxylation is 2. The van der Waals surface area contributed by atoms with Crippen LogP contribution in [-0.4, -0.2) is 35.5 Å². The van der Waals surface area contributed by atoms with Crippen LogP contribution in [0.5, 0.6) is 5.75 Å². The van der Waals surface area contributed by atoms with Crippen LogP contribution in [0.4, 0.5) is 5.82 Å². The Balaban J connectivity index is 1.27. The highest BCUT2D eigenvalue weighted by Crippen LogP contribution is 2.38. The van der Waals surface area contributed by atoms with Crippen LogP contribution in [-0.2, 0) is 11.4 Å². The van der Waals surface area contributed by atoms with Gasteiger partial charge in [-0.2, -0.15) is 14.3 Å². The third kappa shape index (κ3) is 3.80. The molecule has 1 amide bonds. The number of fused-ring (bicyclic) bond motifs is 2. The Morgan fingerprint density at radius 1 is 1.03 bits per heavy atom. The molecule has 1 atom stereocenters. The Morgan fingerprint density at radius 2 is 1.86 bits per heavy atom. The molecule has 1 N–H and O–H groups in total. The molecule has 0 saturated heterocycles. The summed E-state index contributed by atoms with van der Waals surface area (Å²) in [5.74, 6) is 2.49. The van der Waals surface area contributed by atoms with E-state index in [4.69, 9.17) is 4.74 Å². The van der Waals surface area contributed by atoms with Gasteiger partial charge in [-0.3, -0.25) is 4.79 Å². The number of ether oxygens (including phenoxy) is 1. The molecule has 1 aliphatic rings. The van der Waals surface area contributed by atoms with Gasteiger partial charge in [0.2, 0.25) is 5.91 Å². The molecule has 0 radical (unpaired) electrons. The van der Waals surface area contributed by atoms with Gasteiger partial charge in [-0.1, -0.05) is 36.4 Å². The van der Waals surface area contributed by atoms with Gasteiger partial charge in [0, 0.05) is 17.9 Å². The zero-order chi connectivity index (χ0) is 23.9. The first kappa shape index (κ1) is 21.0. The monoisotopic (exact) mass is 465 g/mol. The number of hydrogen-bond acceptors (Lipinski definition) is 6. The zero-order valence-corrected chi connectivity index (χ0v) is 19.3. The van der Waals surface area contributed by atoms with Gasteiger partial charge >= 0.3 is 0 Å². The van der Waals surface area contributed by atoms with Crippen molar-refractivity contribution in [1.82, 2.24) is 29.6 Å². The number of carbonyl (C=O) groups excluding carboxylic acids is 1. The summed E-state index contributed by atoms with van der Waals surface area (Å²) in [6.45, 7) is 4.42. The minimum absolute atomic E-state index is 0.0642. The number of anilines is 1. The molecule has 2 aromatic carbocycles. The lowest BCUT2D eigenvalue weighted by Gasteiger charge is -2.23. The van der Waals surface area contributed by atoms with Gasteiger partial charge in [-0.05, 0) is 54.8 Å². The molecule has 9 heteroatoms. The molecule has 0 fully saturated rings. The minimum Gasteiger partial charge on any atom is -0.489 e. The standard InChI is InChI=1S/C26H23N7O2/c1-16-5-3-4-6-19(16)15-35-20-9-7-18(8-10-20)21-13-25(34)28-26-22(21)14-27-33(26)24-12-11-23-30-29-17(2)32(23)31-24/h3-12,14,21H,13,15H2,1-2H3,(H,28,34)/t21-/m1/s1. The fourth-order valence-electron chi connectivity index (χ4n) is 4.42. The van der Waals surface area contributed by atoms with E-state index in [-0.39, 0.29) is 11.8 Å². The van der Waals surface area contributed by atoms with Crippen LogP contribution in [0.25, 0.3) is 11.5 Å². The van der Waals surface area contributed by atoms with Crippen LogP contribution in [0.15, 0.2) is 66.9 Å². The van der Waals surface area contributed by atoms with E-state index in [1.54, 1.807) is 15.4 Å². The Kier molecular flexibility index (Phi) is 5.02. The third-order valence-electron chi connectivity index (χ3n) is 6.38. The summed E-state index contributed by atoms with van der Waals surface area (Å²) in [5.41, 5.74) is 4.99. The van der Waals surface area contributed by atoms with Crippen molar-refractivity contribution < 1.29 is 9.53 Å². The van der Waals surface area contributed by atoms with E-state index < -0.39 is 0 Å². The lowest BCUT2D eigenvalue weighted by atomic mass is 9.87. The first-order valence-corrected chi connectivity index (χ1v) is 11.4. The molecule has 4 heterocycles. The maximum Gasteiger partial charge on any atom is 0.226 e. The third-order valence-corrected chi connectivity index (χ3v) is 6.38. The van der Waals surface area contributed by atoms with Gasteiger partial charge < -0.3 is 10.1 Å². The first-order valence-electron chi connectivity index (χ1n) is 11.4. The molecule has 6 rings (SSSR count). The van der Waals surface area contributed by atoms with Crippen molar-refractivity contribution >= 4 is 17.4 Å². The normalized spacial score (nSPS) is 15.1. The fraction of sp³-hybridized carbons (Fsp3) is 0.192. The molecule has 3 aromatic heterocycles. The summed E-state index contributed by atoms with van der Waals surface area (Å²) < 4.78 is 9.29. The van der Waals surface area contributed by atoms with Crippen LogP contribution < -0.4 is 10.1 Å². The van der Waals surface area contributed by atoms with E-state index in [0.717, 1.165) is 22.4 Å². The summed E-state index contributed by atoms with van der Waals surface area (Å²) in [6, 6.07) is 19.8. The van der Waals surface area contributed by atoms with Crippen molar-refractivity contribution in [3.8, 4) is 11.6 Å². The maximum absolute atomic E-state index is 12.7. The van der Waals surface area contributed by atoms with Crippen molar-refractivity contribution in [1.29, 1.82) is 0 Å². The van der Waals surface area contributed by atoms with Gasteiger partial charge in [0.05, 0.1) is 6.20 Å². The molecule has 0 spiro atoms. The lowest BCUT2D eigenvalue weighted by molar-refractivity contribution is -0.116. The molecule has 1 aliphatic heterocycles. The molecule has 9 nitrogen and oxygen atoms in total. The predicted octanol–water partition coefficient (Wildman–Crippen LogP) is 3.98. The zero-order valence-electron chi connectivity index (χ0n) is 19.3. The van der Waals surface area contributed by atoms with E-state index in [1.165, 1.54) is 5.56 Å². The van der Waals surface area contributed by atoms with E-state index in [9.17, 15) is 4.79 Å². The molecule has 0 bridgehead atoms. The summed E-state index contributed by atoms with van der Waals surface area (Å²) in [7, 11) is 0. The predicted molar refractivity (Wildman–Crippen MR) is 130 cm³/mol. The highest BCUT2D eigenvalue weighted by atomic mass is 16.5. The van der Waals surface area contributed by atoms with E-state index >= 15 is 0 Å². The van der Waals surface area contributed by atoms with Crippen molar-refractivity contribution in [2.45, 2.75) is 32.8 Å². The molecule has 5 aromatic rings. The lowest BCUT2D eigenvalue weighted by Crippen LogP contribution is -2.24. The topological polar surface area (TPSA) is 99.2 Å². The molecular formula is C26H23N7O2. The molecule has 35 heavy (non-hydrogen) atoms. The Labute approximate surface area is 201 Å². The number of amides is 1. The molecule has 0 unspecified atom stereocenters. The second kappa shape index (κ2) is 8.35. The van der Waals surface area contributed by atoms with Crippen molar-refractivity contribution in [2.75, 3.05) is 5.32 Å². The molecule has 174 valence electrons. The number of hydrogen-bond donors (Lipinski definition) is 1. The Morgan fingerprint density at radius 3 is 2.69 bits per heavy atom. The smallest absolute Gasteiger partial charge is 0.226 e. The average Bonchev–Trinajstić information content (AvgIpc) is 3.46. The van der Waals surface area contributed by atoms with Gasteiger partial charge in [-0.15, -0.1) is 15.3 Å². The van der Waals surface area contributed by atoms with Gasteiger partial charge in [-0.25, -0.2) is 0 Å². The van der Waals surface area contributed by atoms with E-state index in [0.29, 0.717) is 36.1 Å². The van der Waals surface area contributed by atoms with Gasteiger partial charge in [0.15, 0.2) is 17.3 Å². The quantitative estimate of drug-likeness (QED) is 0.422. The second-order valence-electron chi connectivity index (χ2n) is 8.66. The number of carbonyl (C=O) groups is 1. The summed E-state index contributed by atoms with van der Waals surface area (Å²) in [5, 5.41) is 20.2. The first-order chi connectivity index (χ1) is 17.1. The van der Waals surface area contributed by atoms with E-state index in [1.807, 2.05) is 55.5 Å². The highest BCUT2D eigenvalue weighted by molar-refractivity contribution is 5.94. The fourth-order valence-corrected chi connectivity index (χ4v) is 4.42. The summed E-state index contributed by atoms with van der Waals surface area (Å²) in [6.07, 6.45) is 2.14. The van der Waals surface area contributed by atoms with Crippen LogP contribution in [0.2, 0.25) is 0 Å². The summed E-state index contributed by atoms with van der Waals surface area (Å²) in [4.78, 5) is 12.7. The molecule has 0 aliphatic carbocycles.